The van der Waals surface area contributed by atoms with E-state index in [1.807, 2.05) is 0 Å². The van der Waals surface area contributed by atoms with Gasteiger partial charge in [-0.2, -0.15) is 0 Å². The number of hydrogen-bond acceptors (Lipinski definition) is 5. The van der Waals surface area contributed by atoms with Crippen LogP contribution in [0.25, 0.3) is 0 Å². The van der Waals surface area contributed by atoms with E-state index in [0.29, 0.717) is 0 Å². The van der Waals surface area contributed by atoms with Crippen LogP contribution in [0.1, 0.15) is 13.3 Å². The van der Waals surface area contributed by atoms with E-state index in [0.717, 1.165) is 0 Å². The minimum absolute atomic E-state index is 0.0415. The van der Waals surface area contributed by atoms with E-state index in [4.69, 9.17) is 14.5 Å². The number of carbonyl (C=O) groups excluding carboxylic acids is 2. The van der Waals surface area contributed by atoms with E-state index < -0.39 is 19.7 Å². The molecule has 0 aromatic carbocycles. The fourth-order valence-electron chi connectivity index (χ4n) is 1.68. The summed E-state index contributed by atoms with van der Waals surface area (Å²) in [6.07, 6.45) is 0.0642. The zero-order valence-electron chi connectivity index (χ0n) is 9.94. The molecule has 1 unspecified atom stereocenters. The minimum atomic E-state index is -4.52. The van der Waals surface area contributed by atoms with Crippen LogP contribution in [0.3, 0.4) is 0 Å². The number of phosphoric ester groups is 1. The molecule has 1 rings (SSSR count). The summed E-state index contributed by atoms with van der Waals surface area (Å²) < 4.78 is 19.5. The second-order valence-corrected chi connectivity index (χ2v) is 5.06. The highest BCUT2D eigenvalue weighted by Gasteiger charge is 2.35. The molecule has 18 heavy (non-hydrogen) atoms. The van der Waals surface area contributed by atoms with Gasteiger partial charge in [-0.3, -0.25) is 14.1 Å². The average Bonchev–Trinajstić information content (AvgIpc) is 2.59. The van der Waals surface area contributed by atoms with Crippen LogP contribution in [0.4, 0.5) is 0 Å². The zero-order chi connectivity index (χ0) is 13.8. The molecule has 9 heteroatoms. The summed E-state index contributed by atoms with van der Waals surface area (Å²) in [5.74, 6) is -1.18. The Morgan fingerprint density at radius 3 is 2.78 bits per heavy atom. The predicted molar refractivity (Wildman–Crippen MR) is 59.3 cm³/mol. The molecule has 1 heterocycles. The third-order valence-corrected chi connectivity index (χ3v) is 2.97. The number of phosphoric acid groups is 1. The van der Waals surface area contributed by atoms with E-state index in [1.54, 1.807) is 6.92 Å². The summed E-state index contributed by atoms with van der Waals surface area (Å²) in [7, 11) is -4.52. The second kappa shape index (κ2) is 6.29. The molecular formula is C9H16NO7P. The van der Waals surface area contributed by atoms with Crippen LogP contribution < -0.4 is 0 Å². The normalized spacial score (nSPS) is 20.3. The van der Waals surface area contributed by atoms with Crippen molar-refractivity contribution >= 4 is 19.7 Å². The standard InChI is InChI=1S/C9H16NO7P/c1-2-16-9(12)7-5-8(11)10(6-7)3-4-17-18(13,14)15/h7H,2-6H2,1H3,(H2,13,14,15). The van der Waals surface area contributed by atoms with Crippen molar-refractivity contribution in [3.63, 3.8) is 0 Å². The van der Waals surface area contributed by atoms with Gasteiger partial charge >= 0.3 is 13.8 Å². The van der Waals surface area contributed by atoms with Crippen LogP contribution in [0.5, 0.6) is 0 Å². The summed E-state index contributed by atoms with van der Waals surface area (Å²) >= 11 is 0. The summed E-state index contributed by atoms with van der Waals surface area (Å²) in [6, 6.07) is 0. The topological polar surface area (TPSA) is 113 Å². The summed E-state index contributed by atoms with van der Waals surface area (Å²) in [6.45, 7) is 1.90. The first kappa shape index (κ1) is 15.1. The molecule has 0 saturated carbocycles. The number of nitrogens with zero attached hydrogens (tertiary/aromatic N) is 1. The Labute approximate surface area is 104 Å². The predicted octanol–water partition coefficient (Wildman–Crippen LogP) is -0.493. The summed E-state index contributed by atoms with van der Waals surface area (Å²) in [5.41, 5.74) is 0. The van der Waals surface area contributed by atoms with Crippen LogP contribution in [0.2, 0.25) is 0 Å². The molecule has 1 saturated heterocycles. The lowest BCUT2D eigenvalue weighted by Crippen LogP contribution is -2.30. The lowest BCUT2D eigenvalue weighted by atomic mass is 10.1. The van der Waals surface area contributed by atoms with Crippen molar-refractivity contribution < 1.29 is 33.2 Å². The maximum absolute atomic E-state index is 11.5. The van der Waals surface area contributed by atoms with E-state index in [-0.39, 0.29) is 38.6 Å². The number of hydrogen-bond donors (Lipinski definition) is 2. The van der Waals surface area contributed by atoms with Crippen LogP contribution in [-0.4, -0.2) is 52.9 Å². The Morgan fingerprint density at radius 1 is 1.56 bits per heavy atom. The van der Waals surface area contributed by atoms with Gasteiger partial charge in [0.1, 0.15) is 0 Å². The van der Waals surface area contributed by atoms with E-state index in [9.17, 15) is 14.2 Å². The Kier molecular flexibility index (Phi) is 5.28. The van der Waals surface area contributed by atoms with Crippen molar-refractivity contribution in [3.05, 3.63) is 0 Å². The van der Waals surface area contributed by atoms with E-state index in [1.165, 1.54) is 4.90 Å². The zero-order valence-corrected chi connectivity index (χ0v) is 10.8. The number of amides is 1. The maximum Gasteiger partial charge on any atom is 0.469 e. The maximum atomic E-state index is 11.5. The molecule has 1 fully saturated rings. The molecular weight excluding hydrogens is 265 g/mol. The number of esters is 1. The SMILES string of the molecule is CCOC(=O)C1CC(=O)N(CCOP(=O)(O)O)C1. The molecule has 0 bridgehead atoms. The minimum Gasteiger partial charge on any atom is -0.466 e. The number of ether oxygens (including phenoxy) is 1. The molecule has 1 aliphatic rings. The van der Waals surface area contributed by atoms with Crippen molar-refractivity contribution in [3.8, 4) is 0 Å². The highest BCUT2D eigenvalue weighted by molar-refractivity contribution is 7.46. The summed E-state index contributed by atoms with van der Waals surface area (Å²) in [4.78, 5) is 41.2. The van der Waals surface area contributed by atoms with Gasteiger partial charge in [-0.05, 0) is 6.92 Å². The number of carbonyl (C=O) groups is 2. The van der Waals surface area contributed by atoms with Crippen LogP contribution in [0.15, 0.2) is 0 Å². The Balaban J connectivity index is 2.38. The molecule has 8 nitrogen and oxygen atoms in total. The van der Waals surface area contributed by atoms with E-state index >= 15 is 0 Å². The van der Waals surface area contributed by atoms with Gasteiger partial charge in [-0.25, -0.2) is 4.57 Å². The molecule has 0 aliphatic carbocycles. The van der Waals surface area contributed by atoms with Gasteiger partial charge in [0, 0.05) is 19.5 Å². The first-order valence-corrected chi connectivity index (χ1v) is 7.01. The van der Waals surface area contributed by atoms with Gasteiger partial charge < -0.3 is 19.4 Å². The lowest BCUT2D eigenvalue weighted by Gasteiger charge is -2.16. The third-order valence-electron chi connectivity index (χ3n) is 2.46. The van der Waals surface area contributed by atoms with Gasteiger partial charge in [0.05, 0.1) is 19.1 Å². The molecule has 0 spiro atoms. The first-order valence-electron chi connectivity index (χ1n) is 5.48. The number of likely N-dealkylation sites (tertiary alicyclic amines) is 1. The fraction of sp³-hybridized carbons (Fsp3) is 0.778. The van der Waals surface area contributed by atoms with Crippen molar-refractivity contribution in [2.45, 2.75) is 13.3 Å². The summed E-state index contributed by atoms with van der Waals surface area (Å²) in [5, 5.41) is 0. The van der Waals surface area contributed by atoms with Crippen molar-refractivity contribution in [2.75, 3.05) is 26.3 Å². The smallest absolute Gasteiger partial charge is 0.466 e. The largest absolute Gasteiger partial charge is 0.469 e. The van der Waals surface area contributed by atoms with E-state index in [2.05, 4.69) is 4.52 Å². The molecule has 0 aromatic heterocycles. The monoisotopic (exact) mass is 281 g/mol. The number of rotatable bonds is 6. The van der Waals surface area contributed by atoms with Crippen LogP contribution in [-0.2, 0) is 23.4 Å². The van der Waals surface area contributed by atoms with Gasteiger partial charge in [-0.1, -0.05) is 0 Å². The van der Waals surface area contributed by atoms with Crippen molar-refractivity contribution in [2.24, 2.45) is 5.92 Å². The Hall–Kier alpha value is -0.950. The average molecular weight is 281 g/mol. The van der Waals surface area contributed by atoms with Gasteiger partial charge in [0.25, 0.3) is 0 Å². The van der Waals surface area contributed by atoms with Crippen LogP contribution in [0, 0.1) is 5.92 Å². The molecule has 0 aromatic rings. The molecule has 2 N–H and O–H groups in total. The van der Waals surface area contributed by atoms with Gasteiger partial charge in [-0.15, -0.1) is 0 Å². The quantitative estimate of drug-likeness (QED) is 0.498. The highest BCUT2D eigenvalue weighted by Crippen LogP contribution is 2.35. The Bertz CT molecular complexity index is 366. The second-order valence-electron chi connectivity index (χ2n) is 3.82. The lowest BCUT2D eigenvalue weighted by molar-refractivity contribution is -0.147. The van der Waals surface area contributed by atoms with Crippen molar-refractivity contribution in [1.82, 2.24) is 4.90 Å². The molecule has 1 amide bonds. The molecule has 104 valence electrons. The molecule has 1 aliphatic heterocycles. The van der Waals surface area contributed by atoms with Gasteiger partial charge in [0.2, 0.25) is 5.91 Å². The van der Waals surface area contributed by atoms with Crippen LogP contribution >= 0.6 is 7.82 Å². The highest BCUT2D eigenvalue weighted by atomic mass is 31.2. The molecule has 0 radical (unpaired) electrons. The third kappa shape index (κ3) is 4.73. The van der Waals surface area contributed by atoms with Crippen molar-refractivity contribution in [1.29, 1.82) is 0 Å². The molecule has 1 atom stereocenters. The van der Waals surface area contributed by atoms with Gasteiger partial charge in [0.15, 0.2) is 0 Å². The Morgan fingerprint density at radius 2 is 2.22 bits per heavy atom. The fourth-order valence-corrected chi connectivity index (χ4v) is 2.00. The first-order chi connectivity index (χ1) is 8.33.